The average molecular weight is 491 g/mol. The summed E-state index contributed by atoms with van der Waals surface area (Å²) in [5, 5.41) is 2.95. The molecule has 1 aliphatic heterocycles. The van der Waals surface area contributed by atoms with Crippen LogP contribution < -0.4 is 5.32 Å². The minimum atomic E-state index is -4.39. The van der Waals surface area contributed by atoms with E-state index in [9.17, 15) is 22.8 Å². The van der Waals surface area contributed by atoms with Gasteiger partial charge in [0.1, 0.15) is 0 Å². The van der Waals surface area contributed by atoms with Gasteiger partial charge in [0.2, 0.25) is 5.91 Å². The van der Waals surface area contributed by atoms with Crippen LogP contribution in [0.5, 0.6) is 0 Å². The molecule has 2 amide bonds. The topological polar surface area (TPSA) is 49.4 Å². The molecule has 0 saturated carbocycles. The van der Waals surface area contributed by atoms with Gasteiger partial charge in [0.25, 0.3) is 5.91 Å². The van der Waals surface area contributed by atoms with Crippen molar-refractivity contribution in [3.63, 3.8) is 0 Å². The third-order valence-electron chi connectivity index (χ3n) is 6.79. The number of nitrogens with zero attached hydrogens (tertiary/aromatic N) is 1. The maximum atomic E-state index is 13.1. The molecular formula is C29H25F3N2O2. The summed E-state index contributed by atoms with van der Waals surface area (Å²) in [6.07, 6.45) is -2.04. The van der Waals surface area contributed by atoms with Gasteiger partial charge in [-0.05, 0) is 71.4 Å². The van der Waals surface area contributed by atoms with E-state index in [1.165, 1.54) is 12.1 Å². The van der Waals surface area contributed by atoms with Gasteiger partial charge in [-0.25, -0.2) is 0 Å². The van der Waals surface area contributed by atoms with Crippen LogP contribution in [0.2, 0.25) is 0 Å². The molecule has 36 heavy (non-hydrogen) atoms. The number of anilines is 1. The summed E-state index contributed by atoms with van der Waals surface area (Å²) in [7, 11) is 0. The van der Waals surface area contributed by atoms with E-state index in [-0.39, 0.29) is 11.8 Å². The minimum Gasteiger partial charge on any atom is -0.334 e. The van der Waals surface area contributed by atoms with Gasteiger partial charge in [0, 0.05) is 24.4 Å². The number of carbonyl (C=O) groups is 2. The molecule has 3 aromatic carbocycles. The first-order valence-corrected chi connectivity index (χ1v) is 11.9. The number of allylic oxidation sites excluding steroid dienone is 1. The molecule has 0 aromatic heterocycles. The molecule has 1 N–H and O–H groups in total. The number of benzene rings is 3. The fourth-order valence-corrected chi connectivity index (χ4v) is 4.91. The Hall–Kier alpha value is -3.87. The normalized spacial score (nSPS) is 15.2. The number of rotatable bonds is 5. The van der Waals surface area contributed by atoms with Crippen LogP contribution in [0.15, 0.2) is 78.4 Å². The van der Waals surface area contributed by atoms with Crippen molar-refractivity contribution in [3.05, 3.63) is 106 Å². The maximum absolute atomic E-state index is 13.1. The molecule has 1 heterocycles. The van der Waals surface area contributed by atoms with Crippen LogP contribution in [0.3, 0.4) is 0 Å². The van der Waals surface area contributed by atoms with E-state index >= 15 is 0 Å². The molecule has 0 atom stereocenters. The van der Waals surface area contributed by atoms with Crippen molar-refractivity contribution >= 4 is 23.1 Å². The number of nitrogens with one attached hydrogen (secondary N) is 1. The number of halogens is 3. The van der Waals surface area contributed by atoms with Crippen LogP contribution in [-0.4, -0.2) is 16.7 Å². The quantitative estimate of drug-likeness (QED) is 0.452. The second-order valence-electron chi connectivity index (χ2n) is 9.24. The number of carbonyl (C=O) groups excluding carboxylic acids is 2. The van der Waals surface area contributed by atoms with Crippen LogP contribution in [-0.2, 0) is 35.3 Å². The molecule has 1 aliphatic carbocycles. The smallest absolute Gasteiger partial charge is 0.334 e. The van der Waals surface area contributed by atoms with E-state index in [0.717, 1.165) is 40.8 Å². The van der Waals surface area contributed by atoms with Gasteiger partial charge in [-0.2, -0.15) is 13.2 Å². The SMILES string of the molecule is O=C(Nc1ccc2c(c1)CN(C(=O)Cc1ccccc1)C2)C1=C(c2ccc(C(F)(F)F)cc2)CCC1. The third-order valence-corrected chi connectivity index (χ3v) is 6.79. The molecule has 5 rings (SSSR count). The first kappa shape index (κ1) is 23.9. The number of fused-ring (bicyclic) bond motifs is 1. The van der Waals surface area contributed by atoms with E-state index < -0.39 is 11.7 Å². The average Bonchev–Trinajstić information content (AvgIpc) is 3.52. The fourth-order valence-electron chi connectivity index (χ4n) is 4.91. The molecule has 0 spiro atoms. The van der Waals surface area contributed by atoms with Crippen LogP contribution in [0.1, 0.15) is 47.1 Å². The predicted octanol–water partition coefficient (Wildman–Crippen LogP) is 6.37. The van der Waals surface area contributed by atoms with Gasteiger partial charge in [-0.1, -0.05) is 48.5 Å². The molecule has 184 valence electrons. The van der Waals surface area contributed by atoms with Crippen molar-refractivity contribution in [3.8, 4) is 0 Å². The lowest BCUT2D eigenvalue weighted by Gasteiger charge is -2.15. The Bertz CT molecular complexity index is 1330. The Labute approximate surface area is 207 Å². The Morgan fingerprint density at radius 1 is 0.861 bits per heavy atom. The summed E-state index contributed by atoms with van der Waals surface area (Å²) >= 11 is 0. The lowest BCUT2D eigenvalue weighted by Crippen LogP contribution is -2.26. The van der Waals surface area contributed by atoms with Crippen molar-refractivity contribution in [2.45, 2.75) is 44.9 Å². The fraction of sp³-hybridized carbons (Fsp3) is 0.241. The van der Waals surface area contributed by atoms with Crippen LogP contribution in [0.4, 0.5) is 18.9 Å². The summed E-state index contributed by atoms with van der Waals surface area (Å²) in [5.74, 6) is -0.183. The van der Waals surface area contributed by atoms with E-state index in [4.69, 9.17) is 0 Å². The molecular weight excluding hydrogens is 465 g/mol. The first-order valence-electron chi connectivity index (χ1n) is 11.9. The number of hydrogen-bond donors (Lipinski definition) is 1. The van der Waals surface area contributed by atoms with Gasteiger partial charge in [0.05, 0.1) is 12.0 Å². The molecule has 3 aromatic rings. The van der Waals surface area contributed by atoms with Crippen molar-refractivity contribution in [1.29, 1.82) is 0 Å². The van der Waals surface area contributed by atoms with E-state index in [1.807, 2.05) is 53.4 Å². The van der Waals surface area contributed by atoms with E-state index in [1.54, 1.807) is 0 Å². The Balaban J connectivity index is 1.27. The predicted molar refractivity (Wildman–Crippen MR) is 132 cm³/mol. The zero-order valence-electron chi connectivity index (χ0n) is 19.6. The second kappa shape index (κ2) is 9.64. The van der Waals surface area contributed by atoms with Crippen LogP contribution >= 0.6 is 0 Å². The van der Waals surface area contributed by atoms with Crippen LogP contribution in [0.25, 0.3) is 5.57 Å². The Kier molecular flexibility index (Phi) is 6.39. The molecule has 2 aliphatic rings. The van der Waals surface area contributed by atoms with Crippen molar-refractivity contribution < 1.29 is 22.8 Å². The summed E-state index contributed by atoms with van der Waals surface area (Å²) in [5.41, 5.74) is 5.01. The van der Waals surface area contributed by atoms with E-state index in [0.29, 0.717) is 49.2 Å². The lowest BCUT2D eigenvalue weighted by atomic mass is 10.00. The highest BCUT2D eigenvalue weighted by Crippen LogP contribution is 2.37. The second-order valence-corrected chi connectivity index (χ2v) is 9.24. The molecule has 7 heteroatoms. The summed E-state index contributed by atoms with van der Waals surface area (Å²) in [4.78, 5) is 27.7. The molecule has 4 nitrogen and oxygen atoms in total. The molecule has 0 radical (unpaired) electrons. The highest BCUT2D eigenvalue weighted by Gasteiger charge is 2.31. The number of alkyl halides is 3. The summed E-state index contributed by atoms with van der Waals surface area (Å²) in [6, 6.07) is 20.3. The van der Waals surface area contributed by atoms with Gasteiger partial charge < -0.3 is 10.2 Å². The molecule has 0 bridgehead atoms. The van der Waals surface area contributed by atoms with Crippen LogP contribution in [0, 0.1) is 0 Å². The minimum absolute atomic E-state index is 0.0558. The van der Waals surface area contributed by atoms with Crippen molar-refractivity contribution in [2.75, 3.05) is 5.32 Å². The standard InChI is InChI=1S/C29H25F3N2O2/c30-29(31,32)23-12-9-20(10-13-23)25-7-4-8-26(25)28(36)33-24-14-11-21-17-34(18-22(21)16-24)27(35)15-19-5-2-1-3-6-19/h1-3,5-6,9-14,16H,4,7-8,15,17-18H2,(H,33,36). The molecule has 0 unspecified atom stereocenters. The number of hydrogen-bond acceptors (Lipinski definition) is 2. The molecule has 0 fully saturated rings. The van der Waals surface area contributed by atoms with E-state index in [2.05, 4.69) is 5.32 Å². The van der Waals surface area contributed by atoms with Crippen molar-refractivity contribution in [1.82, 2.24) is 4.90 Å². The van der Waals surface area contributed by atoms with Gasteiger partial charge >= 0.3 is 6.18 Å². The van der Waals surface area contributed by atoms with Gasteiger partial charge in [0.15, 0.2) is 0 Å². The monoisotopic (exact) mass is 490 g/mol. The molecule has 0 saturated heterocycles. The largest absolute Gasteiger partial charge is 0.416 e. The first-order chi connectivity index (χ1) is 17.3. The van der Waals surface area contributed by atoms with Gasteiger partial charge in [-0.3, -0.25) is 9.59 Å². The maximum Gasteiger partial charge on any atom is 0.416 e. The highest BCUT2D eigenvalue weighted by molar-refractivity contribution is 6.09. The van der Waals surface area contributed by atoms with Crippen molar-refractivity contribution in [2.24, 2.45) is 0 Å². The Morgan fingerprint density at radius 2 is 1.58 bits per heavy atom. The number of amides is 2. The lowest BCUT2D eigenvalue weighted by molar-refractivity contribution is -0.137. The summed E-state index contributed by atoms with van der Waals surface area (Å²) < 4.78 is 38.7. The zero-order valence-corrected chi connectivity index (χ0v) is 19.6. The summed E-state index contributed by atoms with van der Waals surface area (Å²) in [6.45, 7) is 1.03. The zero-order chi connectivity index (χ0) is 25.3. The third kappa shape index (κ3) is 5.05. The van der Waals surface area contributed by atoms with Gasteiger partial charge in [-0.15, -0.1) is 0 Å². The highest BCUT2D eigenvalue weighted by atomic mass is 19.4. The Morgan fingerprint density at radius 3 is 2.31 bits per heavy atom.